The second-order valence-electron chi connectivity index (χ2n) is 6.74. The summed E-state index contributed by atoms with van der Waals surface area (Å²) in [7, 11) is 0. The summed E-state index contributed by atoms with van der Waals surface area (Å²) in [5, 5.41) is 9.07. The number of carboxylic acid groups (broad SMARTS) is 1. The molecule has 1 atom stereocenters. The van der Waals surface area contributed by atoms with Crippen molar-refractivity contribution >= 4 is 5.97 Å². The molecular formula is C14H24O2. The summed E-state index contributed by atoms with van der Waals surface area (Å²) in [6.07, 6.45) is 9.06. The maximum atomic E-state index is 11.0. The molecule has 2 nitrogen and oxygen atoms in total. The zero-order valence-corrected chi connectivity index (χ0v) is 10.6. The Kier molecular flexibility index (Phi) is 3.02. The Hall–Kier alpha value is -0.530. The third-order valence-electron chi connectivity index (χ3n) is 4.92. The van der Waals surface area contributed by atoms with Crippen LogP contribution in [0, 0.1) is 16.7 Å². The van der Waals surface area contributed by atoms with E-state index >= 15 is 0 Å². The molecule has 0 saturated heterocycles. The highest BCUT2D eigenvalue weighted by Crippen LogP contribution is 2.56. The lowest BCUT2D eigenvalue weighted by Crippen LogP contribution is -2.43. The lowest BCUT2D eigenvalue weighted by molar-refractivity contribution is -0.144. The summed E-state index contributed by atoms with van der Waals surface area (Å²) in [6, 6.07) is 0. The Labute approximate surface area is 98.4 Å². The van der Waals surface area contributed by atoms with E-state index in [2.05, 4.69) is 13.8 Å². The molecule has 2 saturated carbocycles. The third-order valence-corrected chi connectivity index (χ3v) is 4.92. The molecule has 0 aromatic heterocycles. The number of rotatable bonds is 3. The first-order valence-electron chi connectivity index (χ1n) is 6.65. The van der Waals surface area contributed by atoms with Gasteiger partial charge in [0.15, 0.2) is 0 Å². The summed E-state index contributed by atoms with van der Waals surface area (Å²) in [4.78, 5) is 11.0. The van der Waals surface area contributed by atoms with Gasteiger partial charge in [-0.3, -0.25) is 4.79 Å². The van der Waals surface area contributed by atoms with Crippen LogP contribution in [-0.4, -0.2) is 11.1 Å². The molecule has 16 heavy (non-hydrogen) atoms. The summed E-state index contributed by atoms with van der Waals surface area (Å²) in [6.45, 7) is 4.68. The predicted molar refractivity (Wildman–Crippen MR) is 64.3 cm³/mol. The lowest BCUT2D eigenvalue weighted by atomic mass is 9.53. The standard InChI is InChI=1S/C14H24O2/c1-13(2)6-3-5-11(9-13)14(7-4-8-14)10-12(15)16/h11H,3-10H2,1-2H3,(H,15,16). The van der Waals surface area contributed by atoms with E-state index in [4.69, 9.17) is 5.11 Å². The minimum Gasteiger partial charge on any atom is -0.481 e. The van der Waals surface area contributed by atoms with Gasteiger partial charge in [-0.1, -0.05) is 26.7 Å². The van der Waals surface area contributed by atoms with E-state index in [0.717, 1.165) is 12.8 Å². The van der Waals surface area contributed by atoms with Gasteiger partial charge in [-0.15, -0.1) is 0 Å². The van der Waals surface area contributed by atoms with Crippen molar-refractivity contribution in [2.45, 2.75) is 65.2 Å². The monoisotopic (exact) mass is 224 g/mol. The molecule has 0 aromatic rings. The van der Waals surface area contributed by atoms with Crippen LogP contribution in [0.1, 0.15) is 65.2 Å². The molecule has 0 heterocycles. The van der Waals surface area contributed by atoms with Crippen molar-refractivity contribution in [2.24, 2.45) is 16.7 Å². The van der Waals surface area contributed by atoms with Crippen LogP contribution in [0.5, 0.6) is 0 Å². The summed E-state index contributed by atoms with van der Waals surface area (Å²) < 4.78 is 0. The van der Waals surface area contributed by atoms with E-state index in [-0.39, 0.29) is 5.41 Å². The molecule has 0 bridgehead atoms. The van der Waals surface area contributed by atoms with Crippen molar-refractivity contribution in [3.05, 3.63) is 0 Å². The summed E-state index contributed by atoms with van der Waals surface area (Å²) in [5.74, 6) is 0.0733. The van der Waals surface area contributed by atoms with E-state index < -0.39 is 5.97 Å². The Morgan fingerprint density at radius 2 is 1.94 bits per heavy atom. The molecule has 2 heteroatoms. The maximum Gasteiger partial charge on any atom is 0.303 e. The highest BCUT2D eigenvalue weighted by molar-refractivity contribution is 5.68. The molecule has 2 aliphatic carbocycles. The number of aliphatic carboxylic acids is 1. The fourth-order valence-corrected chi connectivity index (χ4v) is 3.88. The van der Waals surface area contributed by atoms with Gasteiger partial charge in [0.2, 0.25) is 0 Å². The first kappa shape index (κ1) is 11.9. The van der Waals surface area contributed by atoms with Crippen LogP contribution < -0.4 is 0 Å². The van der Waals surface area contributed by atoms with Gasteiger partial charge >= 0.3 is 5.97 Å². The average Bonchev–Trinajstić information content (AvgIpc) is 2.09. The second-order valence-corrected chi connectivity index (χ2v) is 6.74. The minimum absolute atomic E-state index is 0.170. The molecule has 0 amide bonds. The van der Waals surface area contributed by atoms with Gasteiger partial charge < -0.3 is 5.11 Å². The lowest BCUT2D eigenvalue weighted by Gasteiger charge is -2.51. The molecule has 0 radical (unpaired) electrons. The van der Waals surface area contributed by atoms with Gasteiger partial charge in [0.25, 0.3) is 0 Å². The van der Waals surface area contributed by atoms with Gasteiger partial charge in [0.05, 0.1) is 6.42 Å². The molecule has 2 rings (SSSR count). The topological polar surface area (TPSA) is 37.3 Å². The van der Waals surface area contributed by atoms with Crippen LogP contribution in [-0.2, 0) is 4.79 Å². The van der Waals surface area contributed by atoms with Gasteiger partial charge in [-0.25, -0.2) is 0 Å². The molecule has 0 aliphatic heterocycles. The molecule has 1 N–H and O–H groups in total. The van der Waals surface area contributed by atoms with E-state index in [1.165, 1.54) is 32.1 Å². The van der Waals surface area contributed by atoms with E-state index in [1.807, 2.05) is 0 Å². The zero-order valence-electron chi connectivity index (χ0n) is 10.6. The van der Waals surface area contributed by atoms with Crippen LogP contribution >= 0.6 is 0 Å². The van der Waals surface area contributed by atoms with Crippen LogP contribution in [0.3, 0.4) is 0 Å². The van der Waals surface area contributed by atoms with Gasteiger partial charge in [-0.05, 0) is 48.9 Å². The van der Waals surface area contributed by atoms with Crippen LogP contribution in [0.15, 0.2) is 0 Å². The zero-order chi connectivity index (χ0) is 11.8. The summed E-state index contributed by atoms with van der Waals surface area (Å²) >= 11 is 0. The highest BCUT2D eigenvalue weighted by atomic mass is 16.4. The first-order chi connectivity index (χ1) is 7.44. The number of hydrogen-bond acceptors (Lipinski definition) is 1. The van der Waals surface area contributed by atoms with Gasteiger partial charge in [0.1, 0.15) is 0 Å². The number of hydrogen-bond donors (Lipinski definition) is 1. The van der Waals surface area contributed by atoms with Crippen molar-refractivity contribution in [3.8, 4) is 0 Å². The quantitative estimate of drug-likeness (QED) is 0.790. The van der Waals surface area contributed by atoms with E-state index in [0.29, 0.717) is 17.8 Å². The van der Waals surface area contributed by atoms with Crippen LogP contribution in [0.25, 0.3) is 0 Å². The normalized spacial score (nSPS) is 31.8. The Balaban J connectivity index is 2.06. The van der Waals surface area contributed by atoms with Crippen molar-refractivity contribution in [1.82, 2.24) is 0 Å². The van der Waals surface area contributed by atoms with Crippen molar-refractivity contribution in [1.29, 1.82) is 0 Å². The van der Waals surface area contributed by atoms with E-state index in [9.17, 15) is 4.79 Å². The van der Waals surface area contributed by atoms with Crippen molar-refractivity contribution < 1.29 is 9.90 Å². The van der Waals surface area contributed by atoms with Crippen LogP contribution in [0.2, 0.25) is 0 Å². The minimum atomic E-state index is -0.594. The Morgan fingerprint density at radius 1 is 1.25 bits per heavy atom. The third kappa shape index (κ3) is 2.26. The van der Waals surface area contributed by atoms with Gasteiger partial charge in [0, 0.05) is 0 Å². The fourth-order valence-electron chi connectivity index (χ4n) is 3.88. The second kappa shape index (κ2) is 4.05. The predicted octanol–water partition coefficient (Wildman–Crippen LogP) is 3.85. The number of carboxylic acids is 1. The highest BCUT2D eigenvalue weighted by Gasteiger charge is 2.47. The SMILES string of the molecule is CC1(C)CCCC(C2(CC(=O)O)CCC2)C1. The summed E-state index contributed by atoms with van der Waals surface area (Å²) in [5.41, 5.74) is 0.605. The largest absolute Gasteiger partial charge is 0.481 e. The van der Waals surface area contributed by atoms with Crippen molar-refractivity contribution in [3.63, 3.8) is 0 Å². The van der Waals surface area contributed by atoms with Crippen LogP contribution in [0.4, 0.5) is 0 Å². The molecule has 0 spiro atoms. The first-order valence-corrected chi connectivity index (χ1v) is 6.65. The Bertz CT molecular complexity index is 276. The van der Waals surface area contributed by atoms with E-state index in [1.54, 1.807) is 0 Å². The molecule has 1 unspecified atom stereocenters. The molecule has 0 aromatic carbocycles. The smallest absolute Gasteiger partial charge is 0.303 e. The Morgan fingerprint density at radius 3 is 2.38 bits per heavy atom. The van der Waals surface area contributed by atoms with Gasteiger partial charge in [-0.2, -0.15) is 0 Å². The molecule has 2 aliphatic rings. The molecule has 2 fully saturated rings. The molecular weight excluding hydrogens is 200 g/mol. The fraction of sp³-hybridized carbons (Fsp3) is 0.929. The molecule has 92 valence electrons. The maximum absolute atomic E-state index is 11.0. The average molecular weight is 224 g/mol. The van der Waals surface area contributed by atoms with Crippen molar-refractivity contribution in [2.75, 3.05) is 0 Å². The number of carbonyl (C=O) groups is 1.